The molecule has 1 amide bonds. The first kappa shape index (κ1) is 17.8. The highest BCUT2D eigenvalue weighted by atomic mass is 35.5. The SMILES string of the molecule is CCC(NC(=O)O)c1nc2c(F)ccc(Cl)c2c(=O)n1-c1cccnc1. The van der Waals surface area contributed by atoms with Gasteiger partial charge in [0.2, 0.25) is 0 Å². The summed E-state index contributed by atoms with van der Waals surface area (Å²) in [5.74, 6) is -0.659. The van der Waals surface area contributed by atoms with Crippen molar-refractivity contribution in [3.8, 4) is 5.69 Å². The third-order valence-corrected chi connectivity index (χ3v) is 4.19. The molecular weight excluding hydrogens is 363 g/mol. The Morgan fingerprint density at radius 3 is 2.81 bits per heavy atom. The van der Waals surface area contributed by atoms with Crippen molar-refractivity contribution in [2.75, 3.05) is 0 Å². The summed E-state index contributed by atoms with van der Waals surface area (Å²) < 4.78 is 15.5. The molecule has 0 aliphatic carbocycles. The Morgan fingerprint density at radius 2 is 2.19 bits per heavy atom. The van der Waals surface area contributed by atoms with Crippen LogP contribution < -0.4 is 10.9 Å². The van der Waals surface area contributed by atoms with Gasteiger partial charge >= 0.3 is 6.09 Å². The summed E-state index contributed by atoms with van der Waals surface area (Å²) in [5, 5.41) is 11.4. The Hall–Kier alpha value is -3.00. The number of carbonyl (C=O) groups is 1. The van der Waals surface area contributed by atoms with Crippen LogP contribution in [0.25, 0.3) is 16.6 Å². The van der Waals surface area contributed by atoms with Gasteiger partial charge in [-0.1, -0.05) is 18.5 Å². The van der Waals surface area contributed by atoms with Gasteiger partial charge in [-0.3, -0.25) is 14.3 Å². The summed E-state index contributed by atoms with van der Waals surface area (Å²) in [5.41, 5.74) is -0.440. The van der Waals surface area contributed by atoms with Crippen molar-refractivity contribution >= 4 is 28.6 Å². The van der Waals surface area contributed by atoms with E-state index in [-0.39, 0.29) is 21.7 Å². The van der Waals surface area contributed by atoms with Crippen LogP contribution in [-0.4, -0.2) is 25.7 Å². The number of benzene rings is 1. The van der Waals surface area contributed by atoms with Gasteiger partial charge in [-0.2, -0.15) is 0 Å². The maximum absolute atomic E-state index is 14.3. The van der Waals surface area contributed by atoms with Gasteiger partial charge in [-0.15, -0.1) is 0 Å². The predicted molar refractivity (Wildman–Crippen MR) is 94.3 cm³/mol. The molecule has 26 heavy (non-hydrogen) atoms. The Labute approximate surface area is 152 Å². The summed E-state index contributed by atoms with van der Waals surface area (Å²) in [6, 6.07) is 4.80. The van der Waals surface area contributed by atoms with Gasteiger partial charge in [-0.25, -0.2) is 14.2 Å². The molecule has 1 atom stereocenters. The van der Waals surface area contributed by atoms with Crippen molar-refractivity contribution in [2.24, 2.45) is 0 Å². The second-order valence-corrected chi connectivity index (χ2v) is 5.89. The van der Waals surface area contributed by atoms with Crippen molar-refractivity contribution in [3.63, 3.8) is 0 Å². The van der Waals surface area contributed by atoms with E-state index in [1.54, 1.807) is 19.1 Å². The number of nitrogens with one attached hydrogen (secondary N) is 1. The fourth-order valence-corrected chi connectivity index (χ4v) is 2.94. The molecule has 0 fully saturated rings. The molecule has 2 heterocycles. The molecule has 2 N–H and O–H groups in total. The Morgan fingerprint density at radius 1 is 1.42 bits per heavy atom. The van der Waals surface area contributed by atoms with E-state index >= 15 is 0 Å². The quantitative estimate of drug-likeness (QED) is 0.728. The van der Waals surface area contributed by atoms with Crippen molar-refractivity contribution in [1.82, 2.24) is 19.9 Å². The first-order valence-electron chi connectivity index (χ1n) is 7.74. The molecule has 0 bridgehead atoms. The van der Waals surface area contributed by atoms with Crippen LogP contribution in [0.3, 0.4) is 0 Å². The number of fused-ring (bicyclic) bond motifs is 1. The number of nitrogens with zero attached hydrogens (tertiary/aromatic N) is 3. The zero-order valence-electron chi connectivity index (χ0n) is 13.6. The number of hydrogen-bond donors (Lipinski definition) is 2. The monoisotopic (exact) mass is 376 g/mol. The van der Waals surface area contributed by atoms with Gasteiger partial charge in [0.15, 0.2) is 0 Å². The first-order valence-corrected chi connectivity index (χ1v) is 8.12. The predicted octanol–water partition coefficient (Wildman–Crippen LogP) is 3.29. The van der Waals surface area contributed by atoms with E-state index in [2.05, 4.69) is 15.3 Å². The third-order valence-electron chi connectivity index (χ3n) is 3.87. The largest absolute Gasteiger partial charge is 0.465 e. The Balaban J connectivity index is 2.43. The number of halogens is 2. The molecule has 1 aromatic carbocycles. The molecule has 0 aliphatic heterocycles. The Kier molecular flexibility index (Phi) is 4.85. The van der Waals surface area contributed by atoms with Crippen LogP contribution in [0, 0.1) is 5.82 Å². The molecular formula is C17H14ClFN4O3. The minimum absolute atomic E-state index is 0.0570. The normalized spacial score (nSPS) is 12.1. The van der Waals surface area contributed by atoms with Gasteiger partial charge in [0.25, 0.3) is 5.56 Å². The van der Waals surface area contributed by atoms with Crippen LogP contribution in [0.15, 0.2) is 41.5 Å². The lowest BCUT2D eigenvalue weighted by molar-refractivity contribution is 0.188. The molecule has 7 nitrogen and oxygen atoms in total. The molecule has 2 aromatic heterocycles. The Bertz CT molecular complexity index is 1040. The van der Waals surface area contributed by atoms with Gasteiger partial charge in [-0.05, 0) is 30.7 Å². The number of aromatic nitrogens is 3. The molecule has 1 unspecified atom stereocenters. The zero-order valence-corrected chi connectivity index (χ0v) is 14.4. The van der Waals surface area contributed by atoms with Gasteiger partial charge in [0.1, 0.15) is 17.2 Å². The smallest absolute Gasteiger partial charge is 0.405 e. The van der Waals surface area contributed by atoms with Crippen LogP contribution in [0.2, 0.25) is 5.02 Å². The lowest BCUT2D eigenvalue weighted by Crippen LogP contribution is -2.33. The first-order chi connectivity index (χ1) is 12.4. The average Bonchev–Trinajstić information content (AvgIpc) is 2.63. The molecule has 134 valence electrons. The van der Waals surface area contributed by atoms with Crippen LogP contribution in [0.1, 0.15) is 25.2 Å². The summed E-state index contributed by atoms with van der Waals surface area (Å²) >= 11 is 6.10. The molecule has 3 aromatic rings. The van der Waals surface area contributed by atoms with Crippen molar-refractivity contribution in [2.45, 2.75) is 19.4 Å². The van der Waals surface area contributed by atoms with Gasteiger partial charge in [0, 0.05) is 6.20 Å². The van der Waals surface area contributed by atoms with E-state index in [0.29, 0.717) is 12.1 Å². The highest BCUT2D eigenvalue weighted by Gasteiger charge is 2.23. The minimum Gasteiger partial charge on any atom is -0.465 e. The van der Waals surface area contributed by atoms with Crippen LogP contribution in [0.5, 0.6) is 0 Å². The summed E-state index contributed by atoms with van der Waals surface area (Å²) in [4.78, 5) is 32.4. The molecule has 0 saturated heterocycles. The molecule has 0 radical (unpaired) electrons. The van der Waals surface area contributed by atoms with E-state index in [0.717, 1.165) is 6.07 Å². The highest BCUT2D eigenvalue weighted by Crippen LogP contribution is 2.25. The summed E-state index contributed by atoms with van der Waals surface area (Å²) in [7, 11) is 0. The van der Waals surface area contributed by atoms with Gasteiger partial charge in [0.05, 0.1) is 28.3 Å². The second-order valence-electron chi connectivity index (χ2n) is 5.48. The lowest BCUT2D eigenvalue weighted by atomic mass is 10.1. The maximum Gasteiger partial charge on any atom is 0.405 e. The van der Waals surface area contributed by atoms with Crippen molar-refractivity contribution in [1.29, 1.82) is 0 Å². The number of hydrogen-bond acceptors (Lipinski definition) is 4. The number of carboxylic acid groups (broad SMARTS) is 1. The fourth-order valence-electron chi connectivity index (χ4n) is 2.70. The summed E-state index contributed by atoms with van der Waals surface area (Å²) in [6.45, 7) is 1.72. The molecule has 0 spiro atoms. The molecule has 0 saturated carbocycles. The second kappa shape index (κ2) is 7.09. The van der Waals surface area contributed by atoms with Crippen molar-refractivity contribution in [3.05, 3.63) is 63.7 Å². The number of pyridine rings is 1. The standard InChI is InChI=1S/C17H14ClFN4O3/c1-2-12(21-17(25)26)15-22-14-11(19)6-5-10(18)13(14)16(24)23(15)9-4-3-7-20-8-9/h3-8,12,21H,2H2,1H3,(H,25,26). The molecule has 3 rings (SSSR count). The van der Waals surface area contributed by atoms with Crippen LogP contribution >= 0.6 is 11.6 Å². The molecule has 9 heteroatoms. The zero-order chi connectivity index (χ0) is 18.8. The highest BCUT2D eigenvalue weighted by molar-refractivity contribution is 6.35. The molecule has 0 aliphatic rings. The van der Waals surface area contributed by atoms with E-state index in [1.165, 1.54) is 23.0 Å². The van der Waals surface area contributed by atoms with E-state index in [4.69, 9.17) is 16.7 Å². The lowest BCUT2D eigenvalue weighted by Gasteiger charge is -2.20. The fraction of sp³-hybridized carbons (Fsp3) is 0.176. The van der Waals surface area contributed by atoms with Crippen molar-refractivity contribution < 1.29 is 14.3 Å². The topological polar surface area (TPSA) is 97.1 Å². The van der Waals surface area contributed by atoms with Gasteiger partial charge < -0.3 is 10.4 Å². The van der Waals surface area contributed by atoms with Crippen LogP contribution in [-0.2, 0) is 0 Å². The third kappa shape index (κ3) is 3.11. The number of amides is 1. The number of rotatable bonds is 4. The minimum atomic E-state index is -1.28. The van der Waals surface area contributed by atoms with Crippen LogP contribution in [0.4, 0.5) is 9.18 Å². The average molecular weight is 377 g/mol. The van der Waals surface area contributed by atoms with E-state index in [9.17, 15) is 14.0 Å². The van der Waals surface area contributed by atoms with E-state index < -0.39 is 23.5 Å². The van der Waals surface area contributed by atoms with E-state index in [1.807, 2.05) is 0 Å². The summed E-state index contributed by atoms with van der Waals surface area (Å²) in [6.07, 6.45) is 1.98. The maximum atomic E-state index is 14.3.